The first-order valence-corrected chi connectivity index (χ1v) is 8.12. The lowest BCUT2D eigenvalue weighted by Gasteiger charge is -2.22. The number of carbonyl (C=O) groups is 1. The molecule has 1 aliphatic rings. The first-order valence-electron chi connectivity index (χ1n) is 7.31. The van der Waals surface area contributed by atoms with Crippen LogP contribution in [0.5, 0.6) is 0 Å². The Hall–Kier alpha value is -2.66. The Bertz CT molecular complexity index is 951. The van der Waals surface area contributed by atoms with E-state index in [0.717, 1.165) is 27.6 Å². The number of para-hydroxylation sites is 2. The van der Waals surface area contributed by atoms with Crippen LogP contribution in [-0.2, 0) is 0 Å². The Morgan fingerprint density at radius 1 is 0.833 bits per heavy atom. The molecule has 0 saturated carbocycles. The van der Waals surface area contributed by atoms with Crippen LogP contribution in [0.15, 0.2) is 70.5 Å². The summed E-state index contributed by atoms with van der Waals surface area (Å²) in [6, 6.07) is 16.3. The van der Waals surface area contributed by atoms with Crippen molar-refractivity contribution in [3.63, 3.8) is 0 Å². The van der Waals surface area contributed by atoms with Gasteiger partial charge in [-0.15, -0.1) is 0 Å². The maximum Gasteiger partial charge on any atom is 0.201 e. The smallest absolute Gasteiger partial charge is 0.201 e. The van der Waals surface area contributed by atoms with Gasteiger partial charge in [0.1, 0.15) is 11.6 Å². The molecule has 1 heterocycles. The third kappa shape index (κ3) is 2.37. The minimum Gasteiger partial charge on any atom is -0.353 e. The molecule has 0 aromatic heterocycles. The van der Waals surface area contributed by atoms with Gasteiger partial charge in [-0.2, -0.15) is 0 Å². The highest BCUT2D eigenvalue weighted by Crippen LogP contribution is 2.45. The van der Waals surface area contributed by atoms with E-state index in [4.69, 9.17) is 0 Å². The van der Waals surface area contributed by atoms with E-state index in [1.54, 1.807) is 12.1 Å². The predicted octanol–water partition coefficient (Wildman–Crippen LogP) is 5.40. The van der Waals surface area contributed by atoms with Crippen LogP contribution in [0.1, 0.15) is 15.9 Å². The van der Waals surface area contributed by atoms with E-state index in [0.29, 0.717) is 5.69 Å². The van der Waals surface area contributed by atoms with Crippen LogP contribution in [-0.4, -0.2) is 5.78 Å². The van der Waals surface area contributed by atoms with Crippen LogP contribution < -0.4 is 5.32 Å². The minimum atomic E-state index is -0.860. The summed E-state index contributed by atoms with van der Waals surface area (Å²) in [5, 5.41) is 3.21. The number of halogens is 2. The number of rotatable bonds is 2. The second-order valence-corrected chi connectivity index (χ2v) is 6.41. The molecule has 1 aliphatic heterocycles. The Labute approximate surface area is 141 Å². The molecule has 0 atom stereocenters. The van der Waals surface area contributed by atoms with Crippen molar-refractivity contribution in [1.29, 1.82) is 0 Å². The number of anilines is 2. The van der Waals surface area contributed by atoms with Crippen molar-refractivity contribution in [2.75, 3.05) is 5.32 Å². The van der Waals surface area contributed by atoms with Gasteiger partial charge in [0.15, 0.2) is 0 Å². The molecule has 0 spiro atoms. The lowest BCUT2D eigenvalue weighted by atomic mass is 10.00. The van der Waals surface area contributed by atoms with Gasteiger partial charge < -0.3 is 5.32 Å². The zero-order chi connectivity index (χ0) is 16.7. The molecule has 0 saturated heterocycles. The highest BCUT2D eigenvalue weighted by atomic mass is 32.2. The molecule has 0 amide bonds. The van der Waals surface area contributed by atoms with Crippen molar-refractivity contribution >= 4 is 28.9 Å². The maximum atomic E-state index is 14.0. The van der Waals surface area contributed by atoms with Crippen molar-refractivity contribution < 1.29 is 13.6 Å². The lowest BCUT2D eigenvalue weighted by Crippen LogP contribution is -2.12. The third-order valence-electron chi connectivity index (χ3n) is 3.83. The summed E-state index contributed by atoms with van der Waals surface area (Å²) in [4.78, 5) is 14.6. The van der Waals surface area contributed by atoms with Gasteiger partial charge in [0.2, 0.25) is 5.78 Å². The van der Waals surface area contributed by atoms with Crippen LogP contribution in [0.3, 0.4) is 0 Å². The fourth-order valence-corrected chi connectivity index (χ4v) is 3.72. The molecule has 118 valence electrons. The lowest BCUT2D eigenvalue weighted by molar-refractivity contribution is 0.103. The molecule has 2 nitrogen and oxygen atoms in total. The fourth-order valence-electron chi connectivity index (χ4n) is 2.70. The van der Waals surface area contributed by atoms with Crippen molar-refractivity contribution in [3.8, 4) is 0 Å². The highest BCUT2D eigenvalue weighted by Gasteiger charge is 2.25. The summed E-state index contributed by atoms with van der Waals surface area (Å²) in [6.07, 6.45) is 0. The Balaban J connectivity index is 1.83. The Morgan fingerprint density at radius 3 is 2.29 bits per heavy atom. The average Bonchev–Trinajstić information content (AvgIpc) is 2.59. The molecule has 0 unspecified atom stereocenters. The van der Waals surface area contributed by atoms with Crippen LogP contribution in [0.25, 0.3) is 0 Å². The van der Waals surface area contributed by atoms with Gasteiger partial charge in [0.25, 0.3) is 0 Å². The van der Waals surface area contributed by atoms with Crippen LogP contribution in [0.2, 0.25) is 0 Å². The number of hydrogen-bond donors (Lipinski definition) is 1. The average molecular weight is 339 g/mol. The summed E-state index contributed by atoms with van der Waals surface area (Å²) in [6.45, 7) is 0. The van der Waals surface area contributed by atoms with Crippen molar-refractivity contribution in [1.82, 2.24) is 0 Å². The molecule has 4 rings (SSSR count). The van der Waals surface area contributed by atoms with E-state index >= 15 is 0 Å². The summed E-state index contributed by atoms with van der Waals surface area (Å²) >= 11 is 1.52. The van der Waals surface area contributed by atoms with Crippen LogP contribution >= 0.6 is 11.8 Å². The molecule has 0 aliphatic carbocycles. The SMILES string of the molecule is O=C(c1cccc2c1Nc1ccccc1S2)c1c(F)cccc1F. The van der Waals surface area contributed by atoms with Gasteiger partial charge in [-0.05, 0) is 36.4 Å². The molecule has 0 bridgehead atoms. The summed E-state index contributed by atoms with van der Waals surface area (Å²) in [5.74, 6) is -2.39. The number of hydrogen-bond acceptors (Lipinski definition) is 3. The monoisotopic (exact) mass is 339 g/mol. The largest absolute Gasteiger partial charge is 0.353 e. The Kier molecular flexibility index (Phi) is 3.58. The third-order valence-corrected chi connectivity index (χ3v) is 4.96. The van der Waals surface area contributed by atoms with E-state index in [9.17, 15) is 13.6 Å². The van der Waals surface area contributed by atoms with Crippen LogP contribution in [0, 0.1) is 11.6 Å². The molecule has 0 fully saturated rings. The minimum absolute atomic E-state index is 0.249. The predicted molar refractivity (Wildman–Crippen MR) is 90.1 cm³/mol. The van der Waals surface area contributed by atoms with Gasteiger partial charge in [-0.25, -0.2) is 8.78 Å². The zero-order valence-corrected chi connectivity index (χ0v) is 13.2. The van der Waals surface area contributed by atoms with E-state index in [2.05, 4.69) is 5.32 Å². The van der Waals surface area contributed by atoms with Crippen LogP contribution in [0.4, 0.5) is 20.2 Å². The summed E-state index contributed by atoms with van der Waals surface area (Å²) in [7, 11) is 0. The topological polar surface area (TPSA) is 29.1 Å². The summed E-state index contributed by atoms with van der Waals surface area (Å²) in [5.41, 5.74) is 1.16. The molecule has 0 radical (unpaired) electrons. The van der Waals surface area contributed by atoms with E-state index in [-0.39, 0.29) is 5.56 Å². The van der Waals surface area contributed by atoms with E-state index in [1.807, 2.05) is 30.3 Å². The van der Waals surface area contributed by atoms with Gasteiger partial charge in [-0.1, -0.05) is 36.0 Å². The molecule has 24 heavy (non-hydrogen) atoms. The molecule has 5 heteroatoms. The second-order valence-electron chi connectivity index (χ2n) is 5.33. The maximum absolute atomic E-state index is 14.0. The normalized spacial score (nSPS) is 12.1. The quantitative estimate of drug-likeness (QED) is 0.496. The van der Waals surface area contributed by atoms with Gasteiger partial charge in [0.05, 0.1) is 16.9 Å². The number of carbonyl (C=O) groups excluding carboxylic acids is 1. The van der Waals surface area contributed by atoms with Gasteiger partial charge in [0, 0.05) is 15.4 Å². The van der Waals surface area contributed by atoms with Gasteiger partial charge >= 0.3 is 0 Å². The number of ketones is 1. The van der Waals surface area contributed by atoms with Crippen molar-refractivity contribution in [2.45, 2.75) is 9.79 Å². The highest BCUT2D eigenvalue weighted by molar-refractivity contribution is 7.99. The number of nitrogens with one attached hydrogen (secondary N) is 1. The number of benzene rings is 3. The molecular weight excluding hydrogens is 328 g/mol. The number of fused-ring (bicyclic) bond motifs is 2. The zero-order valence-electron chi connectivity index (χ0n) is 12.3. The standard InChI is InChI=1S/C19H11F2NOS/c20-12-6-4-7-13(21)17(12)19(23)11-5-3-10-16-18(11)22-14-8-1-2-9-15(14)24-16/h1-10,22H. The fraction of sp³-hybridized carbons (Fsp3) is 0. The Morgan fingerprint density at radius 2 is 1.50 bits per heavy atom. The first kappa shape index (κ1) is 14.9. The van der Waals surface area contributed by atoms with E-state index in [1.165, 1.54) is 17.8 Å². The molecular formula is C19H11F2NOS. The molecule has 3 aromatic carbocycles. The van der Waals surface area contributed by atoms with Gasteiger partial charge in [-0.3, -0.25) is 4.79 Å². The van der Waals surface area contributed by atoms with Crippen molar-refractivity contribution in [3.05, 3.63) is 83.4 Å². The molecule has 1 N–H and O–H groups in total. The first-order chi connectivity index (χ1) is 11.6. The second kappa shape index (κ2) is 5.76. The van der Waals surface area contributed by atoms with E-state index < -0.39 is 23.0 Å². The molecule has 3 aromatic rings. The van der Waals surface area contributed by atoms with Crippen molar-refractivity contribution in [2.24, 2.45) is 0 Å². The summed E-state index contributed by atoms with van der Waals surface area (Å²) < 4.78 is 27.9.